The molecule has 1 saturated heterocycles. The summed E-state index contributed by atoms with van der Waals surface area (Å²) in [7, 11) is 0. The van der Waals surface area contributed by atoms with Crippen LogP contribution in [0.25, 0.3) is 0 Å². The van der Waals surface area contributed by atoms with Gasteiger partial charge in [0, 0.05) is 12.5 Å². The first-order valence-corrected chi connectivity index (χ1v) is 5.56. The Morgan fingerprint density at radius 1 is 1.67 bits per heavy atom. The number of carbonyl (C=O) groups is 2. The van der Waals surface area contributed by atoms with Gasteiger partial charge in [-0.3, -0.25) is 9.59 Å². The van der Waals surface area contributed by atoms with Gasteiger partial charge in [0.05, 0.1) is 0 Å². The highest BCUT2D eigenvalue weighted by molar-refractivity contribution is 5.84. The average molecular weight is 213 g/mol. The number of carboxylic acids is 1. The summed E-state index contributed by atoms with van der Waals surface area (Å²) in [6.07, 6.45) is 2.93. The van der Waals surface area contributed by atoms with Crippen molar-refractivity contribution in [3.05, 3.63) is 0 Å². The fraction of sp³-hybridized carbons (Fsp3) is 0.818. The average Bonchev–Trinajstić information content (AvgIpc) is 2.48. The van der Waals surface area contributed by atoms with Gasteiger partial charge in [0.1, 0.15) is 6.54 Å². The fourth-order valence-electron chi connectivity index (χ4n) is 2.27. The lowest BCUT2D eigenvalue weighted by molar-refractivity contribution is -0.144. The Morgan fingerprint density at radius 2 is 2.33 bits per heavy atom. The zero-order valence-electron chi connectivity index (χ0n) is 9.40. The lowest BCUT2D eigenvalue weighted by atomic mass is 9.89. The van der Waals surface area contributed by atoms with E-state index in [0.717, 1.165) is 19.3 Å². The van der Waals surface area contributed by atoms with Crippen molar-refractivity contribution in [1.29, 1.82) is 0 Å². The summed E-state index contributed by atoms with van der Waals surface area (Å²) in [5.74, 6) is -0.476. The molecule has 0 radical (unpaired) electrons. The van der Waals surface area contributed by atoms with E-state index in [0.29, 0.717) is 12.5 Å². The van der Waals surface area contributed by atoms with E-state index in [1.54, 1.807) is 0 Å². The van der Waals surface area contributed by atoms with Gasteiger partial charge in [0.25, 0.3) is 0 Å². The fourth-order valence-corrected chi connectivity index (χ4v) is 2.27. The Kier molecular flexibility index (Phi) is 4.12. The maximum atomic E-state index is 11.8. The molecule has 1 aliphatic rings. The molecule has 0 spiro atoms. The molecule has 1 N–H and O–H groups in total. The molecule has 0 aromatic carbocycles. The van der Waals surface area contributed by atoms with Gasteiger partial charge < -0.3 is 10.0 Å². The quantitative estimate of drug-likeness (QED) is 0.750. The molecule has 2 unspecified atom stereocenters. The molecule has 1 rings (SSSR count). The molecular weight excluding hydrogens is 194 g/mol. The molecule has 1 fully saturated rings. The molecule has 1 aliphatic heterocycles. The normalized spacial score (nSPS) is 23.2. The van der Waals surface area contributed by atoms with Gasteiger partial charge in [0.15, 0.2) is 0 Å². The van der Waals surface area contributed by atoms with Crippen LogP contribution in [0.2, 0.25) is 0 Å². The molecule has 4 heteroatoms. The molecule has 2 atom stereocenters. The summed E-state index contributed by atoms with van der Waals surface area (Å²) in [6.45, 7) is 4.64. The first kappa shape index (κ1) is 12.0. The first-order chi connectivity index (χ1) is 7.06. The third kappa shape index (κ3) is 2.94. The van der Waals surface area contributed by atoms with Crippen molar-refractivity contribution in [1.82, 2.24) is 4.90 Å². The third-order valence-corrected chi connectivity index (χ3v) is 3.10. The predicted octanol–water partition coefficient (Wildman–Crippen LogP) is 1.36. The van der Waals surface area contributed by atoms with Crippen molar-refractivity contribution in [3.63, 3.8) is 0 Å². The van der Waals surface area contributed by atoms with Gasteiger partial charge in [-0.2, -0.15) is 0 Å². The molecule has 1 amide bonds. The van der Waals surface area contributed by atoms with Gasteiger partial charge in [-0.15, -0.1) is 0 Å². The number of rotatable bonds is 5. The van der Waals surface area contributed by atoms with E-state index in [4.69, 9.17) is 5.11 Å². The molecule has 86 valence electrons. The molecular formula is C11H19NO3. The van der Waals surface area contributed by atoms with Crippen molar-refractivity contribution in [2.45, 2.75) is 33.1 Å². The molecule has 0 saturated carbocycles. The number of carbonyl (C=O) groups excluding carboxylic acids is 1. The number of nitrogens with zero attached hydrogens (tertiary/aromatic N) is 1. The zero-order valence-corrected chi connectivity index (χ0v) is 9.40. The maximum absolute atomic E-state index is 11.8. The largest absolute Gasteiger partial charge is 0.480 e. The summed E-state index contributed by atoms with van der Waals surface area (Å²) in [6, 6.07) is 0. The highest BCUT2D eigenvalue weighted by Crippen LogP contribution is 2.28. The molecule has 1 heterocycles. The second-order valence-electron chi connectivity index (χ2n) is 4.31. The number of carboxylic acid groups (broad SMARTS) is 1. The van der Waals surface area contributed by atoms with E-state index in [2.05, 4.69) is 13.8 Å². The van der Waals surface area contributed by atoms with Gasteiger partial charge >= 0.3 is 5.97 Å². The van der Waals surface area contributed by atoms with Crippen molar-refractivity contribution < 1.29 is 14.7 Å². The predicted molar refractivity (Wildman–Crippen MR) is 56.4 cm³/mol. The van der Waals surface area contributed by atoms with Crippen LogP contribution < -0.4 is 0 Å². The standard InChI is InChI=1S/C11H19NO3/c1-3-4-8(2)9-5-6-12(11(9)15)7-10(13)14/h8-9H,3-7H2,1-2H3,(H,13,14). The summed E-state index contributed by atoms with van der Waals surface area (Å²) in [5.41, 5.74) is 0. The van der Waals surface area contributed by atoms with Gasteiger partial charge in [-0.05, 0) is 12.3 Å². The minimum atomic E-state index is -0.924. The molecule has 0 aromatic heterocycles. The summed E-state index contributed by atoms with van der Waals surface area (Å²) in [5, 5.41) is 8.63. The highest BCUT2D eigenvalue weighted by Gasteiger charge is 2.35. The topological polar surface area (TPSA) is 57.6 Å². The van der Waals surface area contributed by atoms with Crippen LogP contribution in [0.3, 0.4) is 0 Å². The zero-order chi connectivity index (χ0) is 11.4. The Morgan fingerprint density at radius 3 is 2.87 bits per heavy atom. The van der Waals surface area contributed by atoms with Crippen molar-refractivity contribution >= 4 is 11.9 Å². The Labute approximate surface area is 90.3 Å². The molecule has 0 aromatic rings. The van der Waals surface area contributed by atoms with Gasteiger partial charge in [-0.1, -0.05) is 26.7 Å². The van der Waals surface area contributed by atoms with Crippen molar-refractivity contribution in [2.24, 2.45) is 11.8 Å². The van der Waals surface area contributed by atoms with Gasteiger partial charge in [-0.25, -0.2) is 0 Å². The van der Waals surface area contributed by atoms with Crippen molar-refractivity contribution in [3.8, 4) is 0 Å². The van der Waals surface area contributed by atoms with Gasteiger partial charge in [0.2, 0.25) is 5.91 Å². The summed E-state index contributed by atoms with van der Waals surface area (Å²) >= 11 is 0. The lowest BCUT2D eigenvalue weighted by Crippen LogP contribution is -2.33. The molecule has 0 aliphatic carbocycles. The van der Waals surface area contributed by atoms with Crippen molar-refractivity contribution in [2.75, 3.05) is 13.1 Å². The van der Waals surface area contributed by atoms with E-state index < -0.39 is 5.97 Å². The van der Waals surface area contributed by atoms with E-state index in [-0.39, 0.29) is 18.4 Å². The Bertz CT molecular complexity index is 252. The third-order valence-electron chi connectivity index (χ3n) is 3.10. The van der Waals surface area contributed by atoms with E-state index in [9.17, 15) is 9.59 Å². The summed E-state index contributed by atoms with van der Waals surface area (Å²) in [4.78, 5) is 23.8. The second kappa shape index (κ2) is 5.14. The van der Waals surface area contributed by atoms with E-state index in [1.807, 2.05) is 0 Å². The first-order valence-electron chi connectivity index (χ1n) is 5.56. The van der Waals surface area contributed by atoms with Crippen LogP contribution in [-0.2, 0) is 9.59 Å². The molecule has 0 bridgehead atoms. The number of hydrogen-bond acceptors (Lipinski definition) is 2. The Balaban J connectivity index is 2.51. The smallest absolute Gasteiger partial charge is 0.323 e. The minimum absolute atomic E-state index is 0.0263. The van der Waals surface area contributed by atoms with Crippen LogP contribution >= 0.6 is 0 Å². The van der Waals surface area contributed by atoms with E-state index in [1.165, 1.54) is 4.90 Å². The minimum Gasteiger partial charge on any atom is -0.480 e. The Hall–Kier alpha value is -1.06. The number of amides is 1. The number of hydrogen-bond donors (Lipinski definition) is 1. The summed E-state index contributed by atoms with van der Waals surface area (Å²) < 4.78 is 0. The number of likely N-dealkylation sites (tertiary alicyclic amines) is 1. The van der Waals surface area contributed by atoms with Crippen LogP contribution in [0.1, 0.15) is 33.1 Å². The maximum Gasteiger partial charge on any atom is 0.323 e. The van der Waals surface area contributed by atoms with Crippen LogP contribution in [0, 0.1) is 11.8 Å². The van der Waals surface area contributed by atoms with Crippen LogP contribution in [0.4, 0.5) is 0 Å². The molecule has 15 heavy (non-hydrogen) atoms. The van der Waals surface area contributed by atoms with E-state index >= 15 is 0 Å². The number of aliphatic carboxylic acids is 1. The monoisotopic (exact) mass is 213 g/mol. The second-order valence-corrected chi connectivity index (χ2v) is 4.31. The lowest BCUT2D eigenvalue weighted by Gasteiger charge is -2.18. The highest BCUT2D eigenvalue weighted by atomic mass is 16.4. The van der Waals surface area contributed by atoms with Crippen LogP contribution in [0.5, 0.6) is 0 Å². The van der Waals surface area contributed by atoms with Crippen LogP contribution in [-0.4, -0.2) is 35.0 Å². The molecule has 4 nitrogen and oxygen atoms in total. The van der Waals surface area contributed by atoms with Crippen LogP contribution in [0.15, 0.2) is 0 Å². The SMILES string of the molecule is CCCC(C)C1CCN(CC(=O)O)C1=O.